The fourth-order valence-corrected chi connectivity index (χ4v) is 4.21. The highest BCUT2D eigenvalue weighted by atomic mass is 28.4. The van der Waals surface area contributed by atoms with Crippen LogP contribution < -0.4 is 0 Å². The van der Waals surface area contributed by atoms with Gasteiger partial charge in [0.2, 0.25) is 5.90 Å². The number of nitrogens with zero attached hydrogens (tertiary/aromatic N) is 1. The summed E-state index contributed by atoms with van der Waals surface area (Å²) in [6.45, 7) is 16.3. The average molecular weight is 438 g/mol. The van der Waals surface area contributed by atoms with Gasteiger partial charge >= 0.3 is 0 Å². The second-order valence-corrected chi connectivity index (χ2v) is 14.3. The van der Waals surface area contributed by atoms with Crippen molar-refractivity contribution in [1.82, 2.24) is 0 Å². The molecule has 1 aliphatic rings. The lowest BCUT2D eigenvalue weighted by Gasteiger charge is -2.40. The molecular weight excluding hydrogens is 402 g/mol. The van der Waals surface area contributed by atoms with Gasteiger partial charge in [0.1, 0.15) is 18.2 Å². The van der Waals surface area contributed by atoms with Gasteiger partial charge in [-0.1, -0.05) is 75.9 Å². The van der Waals surface area contributed by atoms with Gasteiger partial charge in [-0.05, 0) is 41.9 Å². The van der Waals surface area contributed by atoms with E-state index in [9.17, 15) is 0 Å². The molecule has 0 saturated heterocycles. The zero-order valence-electron chi connectivity index (χ0n) is 19.4. The Bertz CT molecular complexity index is 875. The van der Waals surface area contributed by atoms with Gasteiger partial charge in [-0.15, -0.1) is 0 Å². The summed E-state index contributed by atoms with van der Waals surface area (Å²) in [5.74, 6) is 0.619. The largest absolute Gasteiger partial charge is 0.467 e. The first kappa shape index (κ1) is 23.5. The van der Waals surface area contributed by atoms with Crippen molar-refractivity contribution < 1.29 is 13.9 Å². The van der Waals surface area contributed by atoms with Crippen molar-refractivity contribution in [2.75, 3.05) is 6.61 Å². The van der Waals surface area contributed by atoms with Gasteiger partial charge in [-0.3, -0.25) is 0 Å². The number of hydrogen-bond donors (Lipinski definition) is 0. The summed E-state index contributed by atoms with van der Waals surface area (Å²) in [7, 11) is -1.93. The second-order valence-electron chi connectivity index (χ2n) is 9.52. The van der Waals surface area contributed by atoms with Gasteiger partial charge in [-0.2, -0.15) is 0 Å². The molecule has 0 saturated carbocycles. The molecule has 0 fully saturated rings. The van der Waals surface area contributed by atoms with Crippen LogP contribution in [-0.4, -0.2) is 39.1 Å². The normalized spacial score (nSPS) is 21.8. The van der Waals surface area contributed by atoms with Crippen molar-refractivity contribution in [2.24, 2.45) is 4.99 Å². The van der Waals surface area contributed by atoms with E-state index in [-0.39, 0.29) is 23.3 Å². The van der Waals surface area contributed by atoms with E-state index in [2.05, 4.69) is 52.6 Å². The van der Waals surface area contributed by atoms with Crippen molar-refractivity contribution in [2.45, 2.75) is 63.8 Å². The van der Waals surface area contributed by atoms with Crippen LogP contribution in [-0.2, 0) is 20.5 Å². The van der Waals surface area contributed by atoms with E-state index in [1.54, 1.807) is 0 Å². The molecule has 3 atom stereocenters. The van der Waals surface area contributed by atoms with Gasteiger partial charge in [0.05, 0.1) is 13.2 Å². The number of hydrogen-bond acceptors (Lipinski definition) is 4. The molecule has 0 spiro atoms. The van der Waals surface area contributed by atoms with E-state index in [0.29, 0.717) is 19.1 Å². The minimum atomic E-state index is -1.93. The first-order valence-corrected chi connectivity index (χ1v) is 13.8. The molecule has 1 aliphatic heterocycles. The lowest BCUT2D eigenvalue weighted by atomic mass is 10.0. The fraction of sp³-hybridized carbons (Fsp3) is 0.423. The van der Waals surface area contributed by atoms with Gasteiger partial charge in [0, 0.05) is 5.56 Å². The Balaban J connectivity index is 1.86. The Morgan fingerprint density at radius 1 is 1.03 bits per heavy atom. The SMILES string of the molecule is C=C[C@@H]1OC(c2ccccc2)=N[C@H](CO[Si](C)(C)C(C)(C)C)[C@H]1OCc1ccccc1. The highest BCUT2D eigenvalue weighted by molar-refractivity contribution is 6.74. The van der Waals surface area contributed by atoms with Gasteiger partial charge < -0.3 is 13.9 Å². The molecule has 0 aromatic heterocycles. The molecule has 0 radical (unpaired) electrons. The molecule has 1 heterocycles. The van der Waals surface area contributed by atoms with Crippen molar-refractivity contribution in [3.05, 3.63) is 84.4 Å². The second kappa shape index (κ2) is 9.94. The molecule has 0 aliphatic carbocycles. The number of ether oxygens (including phenoxy) is 2. The summed E-state index contributed by atoms with van der Waals surface area (Å²) in [6, 6.07) is 20.0. The molecule has 4 nitrogen and oxygen atoms in total. The topological polar surface area (TPSA) is 40.0 Å². The van der Waals surface area contributed by atoms with Crippen LogP contribution in [0.5, 0.6) is 0 Å². The van der Waals surface area contributed by atoms with E-state index >= 15 is 0 Å². The Kier molecular flexibility index (Phi) is 7.52. The van der Waals surface area contributed by atoms with Crippen molar-refractivity contribution in [1.29, 1.82) is 0 Å². The van der Waals surface area contributed by atoms with Crippen LogP contribution >= 0.6 is 0 Å². The fourth-order valence-electron chi connectivity index (χ4n) is 3.19. The van der Waals surface area contributed by atoms with Crippen LogP contribution in [0.25, 0.3) is 0 Å². The van der Waals surface area contributed by atoms with E-state index in [0.717, 1.165) is 11.1 Å². The van der Waals surface area contributed by atoms with Gasteiger partial charge in [0.25, 0.3) is 0 Å². The third-order valence-corrected chi connectivity index (χ3v) is 10.7. The van der Waals surface area contributed by atoms with Gasteiger partial charge in [0.15, 0.2) is 8.32 Å². The van der Waals surface area contributed by atoms with E-state index in [1.165, 1.54) is 0 Å². The third kappa shape index (κ3) is 5.94. The zero-order valence-corrected chi connectivity index (χ0v) is 20.4. The minimum Gasteiger partial charge on any atom is -0.467 e. The molecule has 0 amide bonds. The summed E-state index contributed by atoms with van der Waals surface area (Å²) in [5.41, 5.74) is 2.07. The summed E-state index contributed by atoms with van der Waals surface area (Å²) in [6.07, 6.45) is 1.24. The molecule has 166 valence electrons. The van der Waals surface area contributed by atoms with Crippen LogP contribution in [0.3, 0.4) is 0 Å². The Labute approximate surface area is 188 Å². The third-order valence-electron chi connectivity index (χ3n) is 6.19. The van der Waals surface area contributed by atoms with Crippen molar-refractivity contribution >= 4 is 14.2 Å². The van der Waals surface area contributed by atoms with E-state index in [1.807, 2.05) is 54.6 Å². The summed E-state index contributed by atoms with van der Waals surface area (Å²) < 4.78 is 19.1. The summed E-state index contributed by atoms with van der Waals surface area (Å²) in [5, 5.41) is 0.127. The maximum absolute atomic E-state index is 6.55. The predicted octanol–water partition coefficient (Wildman–Crippen LogP) is 5.99. The average Bonchev–Trinajstić information content (AvgIpc) is 2.76. The van der Waals surface area contributed by atoms with Crippen molar-refractivity contribution in [3.63, 3.8) is 0 Å². The highest BCUT2D eigenvalue weighted by Gasteiger charge is 2.41. The molecular formula is C26H35NO3Si. The molecule has 2 aromatic carbocycles. The first-order chi connectivity index (χ1) is 14.7. The highest BCUT2D eigenvalue weighted by Crippen LogP contribution is 2.37. The maximum Gasteiger partial charge on any atom is 0.217 e. The Hall–Kier alpha value is -2.21. The monoisotopic (exact) mass is 437 g/mol. The zero-order chi connectivity index (χ0) is 22.5. The molecule has 31 heavy (non-hydrogen) atoms. The van der Waals surface area contributed by atoms with Crippen LogP contribution in [0, 0.1) is 0 Å². The first-order valence-electron chi connectivity index (χ1n) is 10.9. The minimum absolute atomic E-state index is 0.127. The molecule has 5 heteroatoms. The van der Waals surface area contributed by atoms with Crippen molar-refractivity contribution in [3.8, 4) is 0 Å². The number of rotatable bonds is 8. The molecule has 2 aromatic rings. The van der Waals surface area contributed by atoms with E-state index in [4.69, 9.17) is 18.9 Å². The van der Waals surface area contributed by atoms with Crippen LogP contribution in [0.2, 0.25) is 18.1 Å². The lowest BCUT2D eigenvalue weighted by Crippen LogP contribution is -2.50. The number of aliphatic imine (C=N–C) groups is 1. The molecule has 3 rings (SSSR count). The quantitative estimate of drug-likeness (QED) is 0.376. The Morgan fingerprint density at radius 3 is 2.23 bits per heavy atom. The number of benzene rings is 2. The molecule has 0 unspecified atom stereocenters. The predicted molar refractivity (Wildman–Crippen MR) is 130 cm³/mol. The molecule has 0 bridgehead atoms. The van der Waals surface area contributed by atoms with Crippen LogP contribution in [0.4, 0.5) is 0 Å². The summed E-state index contributed by atoms with van der Waals surface area (Å²) in [4.78, 5) is 4.95. The van der Waals surface area contributed by atoms with E-state index < -0.39 is 8.32 Å². The Morgan fingerprint density at radius 2 is 1.65 bits per heavy atom. The van der Waals surface area contributed by atoms with Gasteiger partial charge in [-0.25, -0.2) is 4.99 Å². The van der Waals surface area contributed by atoms with Crippen LogP contribution in [0.15, 0.2) is 78.3 Å². The summed E-state index contributed by atoms with van der Waals surface area (Å²) >= 11 is 0. The smallest absolute Gasteiger partial charge is 0.217 e. The maximum atomic E-state index is 6.55. The lowest BCUT2D eigenvalue weighted by molar-refractivity contribution is -0.0526. The van der Waals surface area contributed by atoms with Crippen LogP contribution in [0.1, 0.15) is 31.9 Å². The molecule has 0 N–H and O–H groups in total. The standard InChI is InChI=1S/C26H35NO3Si/c1-7-23-24(28-18-20-14-10-8-11-15-20)22(19-29-31(5,6)26(2,3)4)27-25(30-23)21-16-12-9-13-17-21/h7-17,22-24H,1,18-19H2,2-6H3/t22-,23+,24-/m1/s1.